The van der Waals surface area contributed by atoms with Crippen LogP contribution in [0.4, 0.5) is 5.13 Å². The Morgan fingerprint density at radius 1 is 1.53 bits per heavy atom. The number of ether oxygens (including phenoxy) is 2. The quantitative estimate of drug-likeness (QED) is 0.777. The van der Waals surface area contributed by atoms with Crippen molar-refractivity contribution in [2.75, 3.05) is 32.2 Å². The van der Waals surface area contributed by atoms with Crippen LogP contribution in [0.2, 0.25) is 0 Å². The van der Waals surface area contributed by atoms with Gasteiger partial charge >= 0.3 is 0 Å². The molecule has 1 amide bonds. The molecule has 0 saturated heterocycles. The Morgan fingerprint density at radius 2 is 2.37 bits per heavy atom. The number of benzene rings is 1. The number of thiazole rings is 1. The molecule has 19 heavy (non-hydrogen) atoms. The highest BCUT2D eigenvalue weighted by molar-refractivity contribution is 7.22. The third kappa shape index (κ3) is 3.63. The molecule has 0 bridgehead atoms. The highest BCUT2D eigenvalue weighted by Crippen LogP contribution is 2.28. The van der Waals surface area contributed by atoms with E-state index >= 15 is 0 Å². The molecule has 0 aliphatic heterocycles. The minimum absolute atomic E-state index is 0.0174. The number of aromatic nitrogens is 1. The first-order valence-electron chi connectivity index (χ1n) is 5.75. The maximum atomic E-state index is 11.6. The Morgan fingerprint density at radius 3 is 3.11 bits per heavy atom. The fraction of sp³-hybridized carbons (Fsp3) is 0.333. The van der Waals surface area contributed by atoms with E-state index in [1.807, 2.05) is 18.2 Å². The molecule has 1 aromatic heterocycles. The van der Waals surface area contributed by atoms with Crippen LogP contribution in [-0.4, -0.2) is 37.8 Å². The van der Waals surface area contributed by atoms with Gasteiger partial charge in [0.1, 0.15) is 12.4 Å². The third-order valence-corrected chi connectivity index (χ3v) is 3.27. The molecule has 2 aromatic rings. The number of nitrogens with zero attached hydrogens (tertiary/aromatic N) is 1. The Hall–Kier alpha value is -1.70. The van der Waals surface area contributed by atoms with Crippen LogP contribution in [0, 0.1) is 0 Å². The van der Waals surface area contributed by atoms with E-state index in [4.69, 9.17) is 15.2 Å². The van der Waals surface area contributed by atoms with Gasteiger partial charge in [0.15, 0.2) is 5.13 Å². The summed E-state index contributed by atoms with van der Waals surface area (Å²) >= 11 is 1.39. The highest BCUT2D eigenvalue weighted by atomic mass is 32.1. The normalized spacial score (nSPS) is 10.6. The van der Waals surface area contributed by atoms with Crippen LogP contribution in [0.3, 0.4) is 0 Å². The molecular formula is C12H15N3O3S. The van der Waals surface area contributed by atoms with Crippen LogP contribution in [0.15, 0.2) is 18.2 Å². The minimum atomic E-state index is -0.237. The molecule has 1 heterocycles. The van der Waals surface area contributed by atoms with Gasteiger partial charge < -0.3 is 15.2 Å². The SMILES string of the molecule is COc1ccc2nc(NC(=O)COCCN)sc2c1. The zero-order valence-electron chi connectivity index (χ0n) is 10.5. The fourth-order valence-corrected chi connectivity index (χ4v) is 2.40. The predicted molar refractivity (Wildman–Crippen MR) is 74.7 cm³/mol. The summed E-state index contributed by atoms with van der Waals surface area (Å²) in [5.74, 6) is 0.528. The Labute approximate surface area is 114 Å². The maximum Gasteiger partial charge on any atom is 0.252 e. The molecule has 7 heteroatoms. The van der Waals surface area contributed by atoms with E-state index in [0.717, 1.165) is 16.0 Å². The molecule has 0 radical (unpaired) electrons. The molecule has 0 fully saturated rings. The van der Waals surface area contributed by atoms with Crippen LogP contribution >= 0.6 is 11.3 Å². The third-order valence-electron chi connectivity index (χ3n) is 2.34. The van der Waals surface area contributed by atoms with Gasteiger partial charge in [0.05, 0.1) is 23.9 Å². The number of rotatable bonds is 6. The van der Waals surface area contributed by atoms with Gasteiger partial charge in [-0.3, -0.25) is 10.1 Å². The van der Waals surface area contributed by atoms with Crippen molar-refractivity contribution in [3.05, 3.63) is 18.2 Å². The number of anilines is 1. The number of carbonyl (C=O) groups excluding carboxylic acids is 1. The lowest BCUT2D eigenvalue weighted by molar-refractivity contribution is -0.120. The Kier molecular flexibility index (Phi) is 4.67. The van der Waals surface area contributed by atoms with Crippen molar-refractivity contribution >= 4 is 32.6 Å². The highest BCUT2D eigenvalue weighted by Gasteiger charge is 2.08. The van der Waals surface area contributed by atoms with Crippen molar-refractivity contribution < 1.29 is 14.3 Å². The van der Waals surface area contributed by atoms with Gasteiger partial charge in [-0.1, -0.05) is 11.3 Å². The van der Waals surface area contributed by atoms with Gasteiger partial charge in [-0.15, -0.1) is 0 Å². The second-order valence-corrected chi connectivity index (χ2v) is 4.77. The molecule has 0 spiro atoms. The standard InChI is InChI=1S/C12H15N3O3S/c1-17-8-2-3-9-10(6-8)19-12(14-9)15-11(16)7-18-5-4-13/h2-3,6H,4-5,7,13H2,1H3,(H,14,15,16). The van der Waals surface area contributed by atoms with Gasteiger partial charge in [-0.25, -0.2) is 4.98 Å². The maximum absolute atomic E-state index is 11.6. The van der Waals surface area contributed by atoms with Gasteiger partial charge in [0.2, 0.25) is 0 Å². The van der Waals surface area contributed by atoms with E-state index in [1.165, 1.54) is 11.3 Å². The minimum Gasteiger partial charge on any atom is -0.497 e. The van der Waals surface area contributed by atoms with Gasteiger partial charge in [0.25, 0.3) is 5.91 Å². The number of hydrogen-bond acceptors (Lipinski definition) is 6. The van der Waals surface area contributed by atoms with Gasteiger partial charge in [-0.2, -0.15) is 0 Å². The topological polar surface area (TPSA) is 86.5 Å². The number of fused-ring (bicyclic) bond motifs is 1. The first-order chi connectivity index (χ1) is 9.22. The molecule has 0 unspecified atom stereocenters. The van der Waals surface area contributed by atoms with Crippen LogP contribution in [0.5, 0.6) is 5.75 Å². The Bertz CT molecular complexity index is 570. The second-order valence-electron chi connectivity index (χ2n) is 3.74. The van der Waals surface area contributed by atoms with E-state index in [0.29, 0.717) is 18.3 Å². The van der Waals surface area contributed by atoms with Gasteiger partial charge in [-0.05, 0) is 18.2 Å². The first kappa shape index (κ1) is 13.7. The van der Waals surface area contributed by atoms with Crippen LogP contribution in [-0.2, 0) is 9.53 Å². The zero-order chi connectivity index (χ0) is 13.7. The molecule has 3 N–H and O–H groups in total. The number of carbonyl (C=O) groups is 1. The molecule has 0 aliphatic carbocycles. The summed E-state index contributed by atoms with van der Waals surface area (Å²) in [6.07, 6.45) is 0. The number of hydrogen-bond donors (Lipinski definition) is 2. The van der Waals surface area contributed by atoms with Crippen molar-refractivity contribution in [1.29, 1.82) is 0 Å². The van der Waals surface area contributed by atoms with Crippen molar-refractivity contribution in [2.24, 2.45) is 5.73 Å². The van der Waals surface area contributed by atoms with E-state index in [9.17, 15) is 4.79 Å². The number of methoxy groups -OCH3 is 1. The first-order valence-corrected chi connectivity index (χ1v) is 6.57. The summed E-state index contributed by atoms with van der Waals surface area (Å²) in [4.78, 5) is 15.9. The van der Waals surface area contributed by atoms with Crippen molar-refractivity contribution in [1.82, 2.24) is 4.98 Å². The average molecular weight is 281 g/mol. The lowest BCUT2D eigenvalue weighted by atomic mass is 10.3. The molecule has 102 valence electrons. The van der Waals surface area contributed by atoms with E-state index in [1.54, 1.807) is 7.11 Å². The summed E-state index contributed by atoms with van der Waals surface area (Å²) in [7, 11) is 1.61. The molecule has 0 aliphatic rings. The van der Waals surface area contributed by atoms with E-state index in [-0.39, 0.29) is 12.5 Å². The molecule has 2 rings (SSSR count). The zero-order valence-corrected chi connectivity index (χ0v) is 11.3. The summed E-state index contributed by atoms with van der Waals surface area (Å²) in [5, 5.41) is 3.24. The average Bonchev–Trinajstić information content (AvgIpc) is 2.79. The van der Waals surface area contributed by atoms with Crippen LogP contribution in [0.25, 0.3) is 10.2 Å². The summed E-state index contributed by atoms with van der Waals surface area (Å²) in [6, 6.07) is 5.57. The Balaban J connectivity index is 2.02. The van der Waals surface area contributed by atoms with Gasteiger partial charge in [0, 0.05) is 6.54 Å². The summed E-state index contributed by atoms with van der Waals surface area (Å²) < 4.78 is 11.1. The summed E-state index contributed by atoms with van der Waals surface area (Å²) in [6.45, 7) is 0.745. The van der Waals surface area contributed by atoms with E-state index in [2.05, 4.69) is 10.3 Å². The lowest BCUT2D eigenvalue weighted by Crippen LogP contribution is -2.20. The van der Waals surface area contributed by atoms with E-state index < -0.39 is 0 Å². The van der Waals surface area contributed by atoms with Crippen LogP contribution in [0.1, 0.15) is 0 Å². The molecule has 6 nitrogen and oxygen atoms in total. The summed E-state index contributed by atoms with van der Waals surface area (Å²) in [5.41, 5.74) is 6.09. The molecule has 0 saturated carbocycles. The fourth-order valence-electron chi connectivity index (χ4n) is 1.49. The monoisotopic (exact) mass is 281 g/mol. The number of nitrogens with two attached hydrogens (primary N) is 1. The van der Waals surface area contributed by atoms with Crippen molar-refractivity contribution in [2.45, 2.75) is 0 Å². The second kappa shape index (κ2) is 6.46. The number of nitrogens with one attached hydrogen (secondary N) is 1. The predicted octanol–water partition coefficient (Wildman–Crippen LogP) is 1.22. The molecule has 0 atom stereocenters. The van der Waals surface area contributed by atoms with Crippen molar-refractivity contribution in [3.63, 3.8) is 0 Å². The smallest absolute Gasteiger partial charge is 0.252 e. The molecule has 1 aromatic carbocycles. The largest absolute Gasteiger partial charge is 0.497 e. The van der Waals surface area contributed by atoms with Crippen molar-refractivity contribution in [3.8, 4) is 5.75 Å². The molecular weight excluding hydrogens is 266 g/mol. The number of amides is 1. The van der Waals surface area contributed by atoms with Crippen LogP contribution < -0.4 is 15.8 Å². The lowest BCUT2D eigenvalue weighted by Gasteiger charge is -2.01.